The van der Waals surface area contributed by atoms with Crippen LogP contribution >= 0.6 is 0 Å². The maximum absolute atomic E-state index is 13.1. The first kappa shape index (κ1) is 25.5. The summed E-state index contributed by atoms with van der Waals surface area (Å²) in [4.78, 5) is 13.5. The number of hydrogen-bond donors (Lipinski definition) is 1. The first-order valence-corrected chi connectivity index (χ1v) is 15.3. The number of likely N-dealkylation sites (N-methyl/N-ethyl adjacent to an activating group) is 1. The van der Waals surface area contributed by atoms with E-state index >= 15 is 0 Å². The van der Waals surface area contributed by atoms with Gasteiger partial charge in [0, 0.05) is 54.4 Å². The zero-order chi connectivity index (χ0) is 28.0. The minimum Gasteiger partial charge on any atom is -0.369 e. The molecule has 0 aliphatic carbocycles. The summed E-state index contributed by atoms with van der Waals surface area (Å²) in [6.45, 7) is 4.26. The molecule has 0 unspecified atom stereocenters. The van der Waals surface area contributed by atoms with Crippen molar-refractivity contribution in [3.63, 3.8) is 0 Å². The number of piperazine rings is 1. The fourth-order valence-corrected chi connectivity index (χ4v) is 7.00. The van der Waals surface area contributed by atoms with Crippen LogP contribution in [0.25, 0.3) is 44.2 Å². The van der Waals surface area contributed by atoms with Gasteiger partial charge in [-0.1, -0.05) is 48.5 Å². The first-order chi connectivity index (χ1) is 20.0. The predicted octanol–water partition coefficient (Wildman–Crippen LogP) is 6.63. The Labute approximate surface area is 239 Å². The number of rotatable bonds is 5. The van der Waals surface area contributed by atoms with Gasteiger partial charge in [-0.15, -0.1) is 0 Å². The zero-order valence-corrected chi connectivity index (χ0v) is 23.6. The van der Waals surface area contributed by atoms with Gasteiger partial charge >= 0.3 is 0 Å². The predicted molar refractivity (Wildman–Crippen MR) is 166 cm³/mol. The van der Waals surface area contributed by atoms with Crippen molar-refractivity contribution in [2.24, 2.45) is 0 Å². The third-order valence-corrected chi connectivity index (χ3v) is 9.88. The van der Waals surface area contributed by atoms with Crippen LogP contribution in [0.2, 0.25) is 0 Å². The Morgan fingerprint density at radius 1 is 0.707 bits per heavy atom. The number of aromatic nitrogens is 2. The number of benzene rings is 4. The summed E-state index contributed by atoms with van der Waals surface area (Å²) in [7, 11) is -1.40. The lowest BCUT2D eigenvalue weighted by atomic mass is 9.98. The Bertz CT molecular complexity index is 1960. The Morgan fingerprint density at radius 2 is 1.37 bits per heavy atom. The Kier molecular flexibility index (Phi) is 6.33. The molecule has 4 aromatic carbocycles. The quantitative estimate of drug-likeness (QED) is 0.257. The highest BCUT2D eigenvalue weighted by Crippen LogP contribution is 2.36. The molecular formula is C34H30N4O2S. The fraction of sp³-hybridized carbons (Fsp3) is 0.147. The Morgan fingerprint density at radius 3 is 2.10 bits per heavy atom. The highest BCUT2D eigenvalue weighted by atomic mass is 32.2. The van der Waals surface area contributed by atoms with E-state index < -0.39 is 9.84 Å². The van der Waals surface area contributed by atoms with Gasteiger partial charge in [0.1, 0.15) is 5.65 Å². The lowest BCUT2D eigenvalue weighted by molar-refractivity contribution is 0.313. The van der Waals surface area contributed by atoms with Crippen molar-refractivity contribution < 1.29 is 8.42 Å². The van der Waals surface area contributed by atoms with Crippen LogP contribution in [-0.4, -0.2) is 56.5 Å². The van der Waals surface area contributed by atoms with E-state index in [9.17, 15) is 8.42 Å². The second kappa shape index (κ2) is 10.2. The zero-order valence-electron chi connectivity index (χ0n) is 22.8. The summed E-state index contributed by atoms with van der Waals surface area (Å²) in [5, 5.41) is 2.11. The van der Waals surface area contributed by atoms with Gasteiger partial charge in [-0.05, 0) is 83.9 Å². The molecular weight excluding hydrogens is 528 g/mol. The molecule has 41 heavy (non-hydrogen) atoms. The molecule has 6 nitrogen and oxygen atoms in total. The lowest BCUT2D eigenvalue weighted by Crippen LogP contribution is -2.44. The van der Waals surface area contributed by atoms with E-state index in [1.165, 1.54) is 11.3 Å². The van der Waals surface area contributed by atoms with Crippen LogP contribution in [0.5, 0.6) is 0 Å². The molecule has 204 valence electrons. The summed E-state index contributed by atoms with van der Waals surface area (Å²) in [6.07, 6.45) is 1.79. The molecule has 1 fully saturated rings. The molecule has 1 saturated heterocycles. The SMILES string of the molecule is CN1CCN(c2ccc(-c3ccc4[nH]c5nccc(-c6ccc(S(=O)(=O)c7ccccc7)cc6)c5c4c3)cc2)CC1. The smallest absolute Gasteiger partial charge is 0.206 e. The van der Waals surface area contributed by atoms with Gasteiger partial charge in [0.2, 0.25) is 9.84 Å². The van der Waals surface area contributed by atoms with Gasteiger partial charge in [-0.2, -0.15) is 0 Å². The minimum atomic E-state index is -3.58. The summed E-state index contributed by atoms with van der Waals surface area (Å²) < 4.78 is 26.2. The molecule has 0 saturated carbocycles. The molecule has 1 N–H and O–H groups in total. The number of sulfone groups is 1. The molecule has 0 spiro atoms. The molecule has 7 heteroatoms. The number of anilines is 1. The normalized spacial score (nSPS) is 14.6. The van der Waals surface area contributed by atoms with Crippen molar-refractivity contribution >= 4 is 37.5 Å². The molecule has 7 rings (SSSR count). The molecule has 1 aliphatic heterocycles. The van der Waals surface area contributed by atoms with Crippen molar-refractivity contribution in [2.45, 2.75) is 9.79 Å². The van der Waals surface area contributed by atoms with Crippen LogP contribution in [0.15, 0.2) is 119 Å². The number of nitrogens with zero attached hydrogens (tertiary/aromatic N) is 3. The number of nitrogens with one attached hydrogen (secondary N) is 1. The molecule has 0 atom stereocenters. The molecule has 2 aromatic heterocycles. The van der Waals surface area contributed by atoms with E-state index in [4.69, 9.17) is 0 Å². The monoisotopic (exact) mass is 558 g/mol. The lowest BCUT2D eigenvalue weighted by Gasteiger charge is -2.34. The average Bonchev–Trinajstić information content (AvgIpc) is 3.40. The molecule has 3 heterocycles. The third kappa shape index (κ3) is 4.67. The maximum Gasteiger partial charge on any atom is 0.206 e. The Hall–Kier alpha value is -4.46. The molecule has 0 amide bonds. The van der Waals surface area contributed by atoms with Crippen LogP contribution in [0.4, 0.5) is 5.69 Å². The summed E-state index contributed by atoms with van der Waals surface area (Å²) in [5.74, 6) is 0. The highest BCUT2D eigenvalue weighted by molar-refractivity contribution is 7.91. The fourth-order valence-electron chi connectivity index (χ4n) is 5.72. The highest BCUT2D eigenvalue weighted by Gasteiger charge is 2.19. The van der Waals surface area contributed by atoms with Crippen molar-refractivity contribution in [3.05, 3.63) is 109 Å². The second-order valence-electron chi connectivity index (χ2n) is 10.6. The Balaban J connectivity index is 1.24. The number of aromatic amines is 1. The second-order valence-corrected chi connectivity index (χ2v) is 12.6. The van der Waals surface area contributed by atoms with Gasteiger partial charge in [0.05, 0.1) is 9.79 Å². The van der Waals surface area contributed by atoms with E-state index in [2.05, 4.69) is 69.3 Å². The largest absolute Gasteiger partial charge is 0.369 e. The number of H-pyrrole nitrogens is 1. The number of hydrogen-bond acceptors (Lipinski definition) is 5. The molecule has 1 aliphatic rings. The van der Waals surface area contributed by atoms with E-state index in [-0.39, 0.29) is 4.90 Å². The van der Waals surface area contributed by atoms with Crippen LogP contribution in [0.3, 0.4) is 0 Å². The standard InChI is InChI=1S/C34H30N4O2S/c1-37-19-21-38(22-20-37)27-12-7-24(8-13-27)26-11-16-32-31(23-26)33-30(17-18-35-34(33)36-32)25-9-14-29(15-10-25)41(39,40)28-5-3-2-4-6-28/h2-18,23H,19-22H2,1H3,(H,35,36). The number of pyridine rings is 1. The summed E-state index contributed by atoms with van der Waals surface area (Å²) >= 11 is 0. The average molecular weight is 559 g/mol. The maximum atomic E-state index is 13.1. The van der Waals surface area contributed by atoms with Crippen LogP contribution < -0.4 is 4.90 Å². The van der Waals surface area contributed by atoms with E-state index in [0.29, 0.717) is 4.90 Å². The van der Waals surface area contributed by atoms with Gasteiger partial charge in [0.25, 0.3) is 0 Å². The van der Waals surface area contributed by atoms with Gasteiger partial charge in [-0.25, -0.2) is 13.4 Å². The van der Waals surface area contributed by atoms with Crippen LogP contribution in [-0.2, 0) is 9.84 Å². The van der Waals surface area contributed by atoms with Gasteiger partial charge in [0.15, 0.2) is 0 Å². The molecule has 0 radical (unpaired) electrons. The van der Waals surface area contributed by atoms with Crippen molar-refractivity contribution in [2.75, 3.05) is 38.1 Å². The van der Waals surface area contributed by atoms with Crippen LogP contribution in [0, 0.1) is 0 Å². The molecule has 6 aromatic rings. The van der Waals surface area contributed by atoms with E-state index in [1.807, 2.05) is 24.3 Å². The van der Waals surface area contributed by atoms with Crippen molar-refractivity contribution in [1.29, 1.82) is 0 Å². The summed E-state index contributed by atoms with van der Waals surface area (Å²) in [6, 6.07) is 33.0. The summed E-state index contributed by atoms with van der Waals surface area (Å²) in [5.41, 5.74) is 7.34. The van der Waals surface area contributed by atoms with Gasteiger partial charge < -0.3 is 14.8 Å². The van der Waals surface area contributed by atoms with Crippen molar-refractivity contribution in [1.82, 2.24) is 14.9 Å². The minimum absolute atomic E-state index is 0.277. The van der Waals surface area contributed by atoms with Gasteiger partial charge in [-0.3, -0.25) is 0 Å². The van der Waals surface area contributed by atoms with E-state index in [1.54, 1.807) is 42.6 Å². The van der Waals surface area contributed by atoms with E-state index in [0.717, 1.165) is 64.8 Å². The van der Waals surface area contributed by atoms with Crippen LogP contribution in [0.1, 0.15) is 0 Å². The van der Waals surface area contributed by atoms with Crippen molar-refractivity contribution in [3.8, 4) is 22.3 Å². The number of fused-ring (bicyclic) bond motifs is 3. The third-order valence-electron chi connectivity index (χ3n) is 8.09. The molecule has 0 bridgehead atoms. The topological polar surface area (TPSA) is 69.3 Å². The first-order valence-electron chi connectivity index (χ1n) is 13.8.